The molecule has 17 heavy (non-hydrogen) atoms. The first-order chi connectivity index (χ1) is 8.17. The SMILES string of the molecule is Cc1cccc(CO)c1N1CC(CO)CC1=O. The number of aliphatic hydroxyl groups excluding tert-OH is 2. The third-order valence-corrected chi connectivity index (χ3v) is 3.22. The molecule has 0 saturated carbocycles. The molecule has 0 aliphatic carbocycles. The molecule has 1 aliphatic heterocycles. The highest BCUT2D eigenvalue weighted by molar-refractivity contribution is 5.97. The number of carbonyl (C=O) groups excluding carboxylic acids is 1. The summed E-state index contributed by atoms with van der Waals surface area (Å²) < 4.78 is 0. The number of benzene rings is 1. The summed E-state index contributed by atoms with van der Waals surface area (Å²) in [5.41, 5.74) is 2.54. The average molecular weight is 235 g/mol. The molecule has 2 N–H and O–H groups in total. The summed E-state index contributed by atoms with van der Waals surface area (Å²) in [7, 11) is 0. The molecular weight excluding hydrogens is 218 g/mol. The van der Waals surface area contributed by atoms with Gasteiger partial charge in [0.2, 0.25) is 5.91 Å². The van der Waals surface area contributed by atoms with E-state index in [-0.39, 0.29) is 25.0 Å². The average Bonchev–Trinajstić information content (AvgIpc) is 2.70. The van der Waals surface area contributed by atoms with Crippen molar-refractivity contribution in [1.29, 1.82) is 0 Å². The fourth-order valence-electron chi connectivity index (χ4n) is 2.35. The van der Waals surface area contributed by atoms with E-state index in [0.717, 1.165) is 16.8 Å². The van der Waals surface area contributed by atoms with Gasteiger partial charge in [0, 0.05) is 31.1 Å². The minimum absolute atomic E-state index is 0.00801. The molecule has 4 heteroatoms. The van der Waals surface area contributed by atoms with Gasteiger partial charge < -0.3 is 15.1 Å². The second-order valence-corrected chi connectivity index (χ2v) is 4.50. The second-order valence-electron chi connectivity index (χ2n) is 4.50. The van der Waals surface area contributed by atoms with Gasteiger partial charge in [0.25, 0.3) is 0 Å². The van der Waals surface area contributed by atoms with E-state index in [1.807, 2.05) is 25.1 Å². The number of amides is 1. The minimum atomic E-state index is -0.0788. The summed E-state index contributed by atoms with van der Waals surface area (Å²) in [6.45, 7) is 2.41. The molecule has 1 aromatic rings. The fraction of sp³-hybridized carbons (Fsp3) is 0.462. The zero-order valence-electron chi connectivity index (χ0n) is 9.89. The van der Waals surface area contributed by atoms with Crippen molar-refractivity contribution < 1.29 is 15.0 Å². The summed E-state index contributed by atoms with van der Waals surface area (Å²) in [5, 5.41) is 18.4. The van der Waals surface area contributed by atoms with Crippen LogP contribution in [0.3, 0.4) is 0 Å². The Morgan fingerprint density at radius 2 is 2.18 bits per heavy atom. The summed E-state index contributed by atoms with van der Waals surface area (Å²) >= 11 is 0. The summed E-state index contributed by atoms with van der Waals surface area (Å²) in [4.78, 5) is 13.6. The Morgan fingerprint density at radius 1 is 1.41 bits per heavy atom. The molecule has 0 radical (unpaired) electrons. The van der Waals surface area contributed by atoms with Gasteiger partial charge >= 0.3 is 0 Å². The Balaban J connectivity index is 2.37. The van der Waals surface area contributed by atoms with Crippen molar-refractivity contribution in [2.75, 3.05) is 18.1 Å². The van der Waals surface area contributed by atoms with Gasteiger partial charge in [-0.1, -0.05) is 18.2 Å². The van der Waals surface area contributed by atoms with E-state index in [1.54, 1.807) is 4.90 Å². The predicted octanol–water partition coefficient (Wildman–Crippen LogP) is 0.833. The molecule has 1 aliphatic rings. The van der Waals surface area contributed by atoms with Gasteiger partial charge in [-0.3, -0.25) is 4.79 Å². The van der Waals surface area contributed by atoms with Gasteiger partial charge in [-0.15, -0.1) is 0 Å². The van der Waals surface area contributed by atoms with Gasteiger partial charge in [0.1, 0.15) is 0 Å². The molecule has 92 valence electrons. The maximum Gasteiger partial charge on any atom is 0.227 e. The van der Waals surface area contributed by atoms with Crippen LogP contribution in [-0.4, -0.2) is 29.3 Å². The van der Waals surface area contributed by atoms with Gasteiger partial charge in [0.05, 0.1) is 12.3 Å². The van der Waals surface area contributed by atoms with E-state index in [2.05, 4.69) is 0 Å². The van der Waals surface area contributed by atoms with Gasteiger partial charge in [0.15, 0.2) is 0 Å². The van der Waals surface area contributed by atoms with Crippen LogP contribution in [0.25, 0.3) is 0 Å². The highest BCUT2D eigenvalue weighted by atomic mass is 16.3. The number of hydrogen-bond donors (Lipinski definition) is 2. The van der Waals surface area contributed by atoms with Crippen LogP contribution in [0, 0.1) is 12.8 Å². The third kappa shape index (κ3) is 2.18. The van der Waals surface area contributed by atoms with Crippen LogP contribution in [0.2, 0.25) is 0 Å². The first-order valence-electron chi connectivity index (χ1n) is 5.78. The molecule has 1 atom stereocenters. The first kappa shape index (κ1) is 12.1. The molecule has 1 fully saturated rings. The lowest BCUT2D eigenvalue weighted by atomic mass is 10.1. The molecule has 4 nitrogen and oxygen atoms in total. The molecule has 1 amide bonds. The van der Waals surface area contributed by atoms with Crippen molar-refractivity contribution in [1.82, 2.24) is 0 Å². The lowest BCUT2D eigenvalue weighted by Crippen LogP contribution is -2.27. The smallest absolute Gasteiger partial charge is 0.227 e. The molecule has 1 aromatic carbocycles. The predicted molar refractivity (Wildman–Crippen MR) is 64.6 cm³/mol. The molecule has 0 spiro atoms. The zero-order valence-corrected chi connectivity index (χ0v) is 9.89. The largest absolute Gasteiger partial charge is 0.396 e. The maximum absolute atomic E-state index is 11.9. The highest BCUT2D eigenvalue weighted by Crippen LogP contribution is 2.31. The Labute approximate surface area is 100 Å². The lowest BCUT2D eigenvalue weighted by molar-refractivity contribution is -0.117. The standard InChI is InChI=1S/C13H17NO3/c1-9-3-2-4-11(8-16)13(9)14-6-10(7-15)5-12(14)17/h2-4,10,15-16H,5-8H2,1H3. The van der Waals surface area contributed by atoms with E-state index in [0.29, 0.717) is 13.0 Å². The van der Waals surface area contributed by atoms with Crippen molar-refractivity contribution >= 4 is 11.6 Å². The number of carbonyl (C=O) groups is 1. The van der Waals surface area contributed by atoms with Crippen LogP contribution in [0.5, 0.6) is 0 Å². The van der Waals surface area contributed by atoms with E-state index in [9.17, 15) is 9.90 Å². The number of hydrogen-bond acceptors (Lipinski definition) is 3. The number of nitrogens with zero attached hydrogens (tertiary/aromatic N) is 1. The van der Waals surface area contributed by atoms with Gasteiger partial charge in [-0.05, 0) is 12.5 Å². The normalized spacial score (nSPS) is 20.1. The number of anilines is 1. The van der Waals surface area contributed by atoms with Crippen molar-refractivity contribution in [3.63, 3.8) is 0 Å². The van der Waals surface area contributed by atoms with Crippen molar-refractivity contribution in [3.8, 4) is 0 Å². The van der Waals surface area contributed by atoms with Crippen LogP contribution < -0.4 is 4.90 Å². The molecule has 1 saturated heterocycles. The Hall–Kier alpha value is -1.39. The Kier molecular flexibility index (Phi) is 3.45. The monoisotopic (exact) mass is 235 g/mol. The fourth-order valence-corrected chi connectivity index (χ4v) is 2.35. The lowest BCUT2D eigenvalue weighted by Gasteiger charge is -2.22. The summed E-state index contributed by atoms with van der Waals surface area (Å²) in [5.74, 6) is 0.0294. The summed E-state index contributed by atoms with van der Waals surface area (Å²) in [6.07, 6.45) is 0.385. The van der Waals surface area contributed by atoms with Crippen molar-refractivity contribution in [3.05, 3.63) is 29.3 Å². The van der Waals surface area contributed by atoms with Crippen LogP contribution in [-0.2, 0) is 11.4 Å². The van der Waals surface area contributed by atoms with Crippen LogP contribution in [0.1, 0.15) is 17.5 Å². The first-order valence-corrected chi connectivity index (χ1v) is 5.78. The number of aryl methyl sites for hydroxylation is 1. The van der Waals surface area contributed by atoms with E-state index >= 15 is 0 Å². The van der Waals surface area contributed by atoms with E-state index < -0.39 is 0 Å². The van der Waals surface area contributed by atoms with Crippen LogP contribution >= 0.6 is 0 Å². The highest BCUT2D eigenvalue weighted by Gasteiger charge is 2.31. The van der Waals surface area contributed by atoms with Crippen LogP contribution in [0.4, 0.5) is 5.69 Å². The van der Waals surface area contributed by atoms with E-state index in [4.69, 9.17) is 5.11 Å². The van der Waals surface area contributed by atoms with Crippen molar-refractivity contribution in [2.24, 2.45) is 5.92 Å². The third-order valence-electron chi connectivity index (χ3n) is 3.22. The molecule has 1 unspecified atom stereocenters. The summed E-state index contributed by atoms with van der Waals surface area (Å²) in [6, 6.07) is 5.62. The van der Waals surface area contributed by atoms with Gasteiger partial charge in [-0.2, -0.15) is 0 Å². The Morgan fingerprint density at radius 3 is 2.76 bits per heavy atom. The minimum Gasteiger partial charge on any atom is -0.396 e. The maximum atomic E-state index is 11.9. The number of aliphatic hydroxyl groups is 2. The molecular formula is C13H17NO3. The zero-order chi connectivity index (χ0) is 12.4. The molecule has 1 heterocycles. The number of para-hydroxylation sites is 1. The van der Waals surface area contributed by atoms with Gasteiger partial charge in [-0.25, -0.2) is 0 Å². The topological polar surface area (TPSA) is 60.8 Å². The molecule has 2 rings (SSSR count). The van der Waals surface area contributed by atoms with Crippen LogP contribution in [0.15, 0.2) is 18.2 Å². The molecule has 0 aromatic heterocycles. The second kappa shape index (κ2) is 4.85. The quantitative estimate of drug-likeness (QED) is 0.816. The number of rotatable bonds is 3. The Bertz CT molecular complexity index is 431. The van der Waals surface area contributed by atoms with Crippen molar-refractivity contribution in [2.45, 2.75) is 20.0 Å². The molecule has 0 bridgehead atoms. The van der Waals surface area contributed by atoms with E-state index in [1.165, 1.54) is 0 Å².